The molecule has 0 aliphatic carbocycles. The van der Waals surface area contributed by atoms with E-state index < -0.39 is 8.07 Å². The van der Waals surface area contributed by atoms with Gasteiger partial charge < -0.3 is 0 Å². The topological polar surface area (TPSA) is 24.7 Å². The van der Waals surface area contributed by atoms with Gasteiger partial charge in [0.15, 0.2) is 0 Å². The summed E-state index contributed by atoms with van der Waals surface area (Å²) in [6, 6.07) is 7.31. The van der Waals surface area contributed by atoms with Crippen LogP contribution in [0.1, 0.15) is 58.2 Å². The molecule has 0 heterocycles. The molecule has 0 N–H and O–H groups in total. The fraction of sp³-hybridized carbons (Fsp3) is 0.611. The molecule has 1 rings (SSSR count). The molecule has 1 aromatic carbocycles. The summed E-state index contributed by atoms with van der Waals surface area (Å²) in [5.74, 6) is 0. The monoisotopic (exact) mass is 304 g/mol. The maximum Gasteiger partial charge on any atom is 0.0988 e. The minimum atomic E-state index is -0.544. The summed E-state index contributed by atoms with van der Waals surface area (Å²) >= 11 is 0. The SMILES string of the molecule is Cc1cc(C)c(N=C=NP(C(C)(C)C)C(C)(C)C)c(C)c1. The number of rotatable bonds is 2. The summed E-state index contributed by atoms with van der Waals surface area (Å²) in [5, 5.41) is 0.320. The quantitative estimate of drug-likeness (QED) is 0.445. The maximum absolute atomic E-state index is 4.71. The van der Waals surface area contributed by atoms with Crippen LogP contribution in [0, 0.1) is 20.8 Å². The minimum Gasteiger partial charge on any atom is -0.200 e. The highest BCUT2D eigenvalue weighted by atomic mass is 31.1. The van der Waals surface area contributed by atoms with Crippen molar-refractivity contribution >= 4 is 19.8 Å². The van der Waals surface area contributed by atoms with E-state index in [1.165, 1.54) is 16.7 Å². The Kier molecular flexibility index (Phi) is 5.53. The van der Waals surface area contributed by atoms with Crippen LogP contribution in [-0.4, -0.2) is 16.3 Å². The van der Waals surface area contributed by atoms with Gasteiger partial charge in [-0.1, -0.05) is 59.2 Å². The molecule has 0 bridgehead atoms. The van der Waals surface area contributed by atoms with E-state index in [9.17, 15) is 0 Å². The maximum atomic E-state index is 4.71. The second-order valence-corrected chi connectivity index (χ2v) is 11.2. The van der Waals surface area contributed by atoms with Crippen molar-refractivity contribution in [1.29, 1.82) is 0 Å². The molecule has 0 unspecified atom stereocenters. The van der Waals surface area contributed by atoms with Crippen molar-refractivity contribution in [3.8, 4) is 0 Å². The highest BCUT2D eigenvalue weighted by Crippen LogP contribution is 2.59. The van der Waals surface area contributed by atoms with E-state index in [0.29, 0.717) is 0 Å². The van der Waals surface area contributed by atoms with Crippen LogP contribution in [0.25, 0.3) is 0 Å². The smallest absolute Gasteiger partial charge is 0.0988 e. The molecule has 1 aromatic rings. The standard InChI is InChI=1S/C18H29N2P/c1-13-10-14(2)16(15(3)11-13)19-12-20-21(17(4,5)6)18(7,8)9/h10-11H,1-9H3. The predicted molar refractivity (Wildman–Crippen MR) is 96.6 cm³/mol. The van der Waals surface area contributed by atoms with E-state index in [-0.39, 0.29) is 10.3 Å². The van der Waals surface area contributed by atoms with Crippen molar-refractivity contribution in [1.82, 2.24) is 0 Å². The molecule has 116 valence electrons. The molecule has 0 atom stereocenters. The first-order valence-corrected chi connectivity index (χ1v) is 8.77. The van der Waals surface area contributed by atoms with Crippen LogP contribution in [0.2, 0.25) is 0 Å². The second-order valence-electron chi connectivity index (χ2n) is 7.71. The molecule has 3 heteroatoms. The van der Waals surface area contributed by atoms with E-state index >= 15 is 0 Å². The highest BCUT2D eigenvalue weighted by molar-refractivity contribution is 7.59. The van der Waals surface area contributed by atoms with Crippen LogP contribution < -0.4 is 0 Å². The van der Waals surface area contributed by atoms with Crippen molar-refractivity contribution in [3.63, 3.8) is 0 Å². The largest absolute Gasteiger partial charge is 0.200 e. The molecule has 0 aliphatic rings. The highest BCUT2D eigenvalue weighted by Gasteiger charge is 2.34. The fourth-order valence-electron chi connectivity index (χ4n) is 2.77. The van der Waals surface area contributed by atoms with Crippen molar-refractivity contribution in [2.45, 2.75) is 72.6 Å². The van der Waals surface area contributed by atoms with E-state index in [1.807, 2.05) is 0 Å². The van der Waals surface area contributed by atoms with E-state index in [2.05, 4.69) is 85.4 Å². The van der Waals surface area contributed by atoms with Gasteiger partial charge in [0.2, 0.25) is 0 Å². The Hall–Kier alpha value is -0.970. The van der Waals surface area contributed by atoms with Gasteiger partial charge in [-0.2, -0.15) is 4.99 Å². The first-order chi connectivity index (χ1) is 9.43. The van der Waals surface area contributed by atoms with Crippen LogP contribution in [0.15, 0.2) is 21.9 Å². The van der Waals surface area contributed by atoms with Gasteiger partial charge in [0.1, 0.15) is 0 Å². The fourth-order valence-corrected chi connectivity index (χ4v) is 5.52. The first kappa shape index (κ1) is 18.1. The molecule has 0 fully saturated rings. The minimum absolute atomic E-state index is 0.160. The summed E-state index contributed by atoms with van der Waals surface area (Å²) in [6.45, 7) is 19.8. The normalized spacial score (nSPS) is 12.3. The van der Waals surface area contributed by atoms with Gasteiger partial charge in [-0.05, 0) is 31.9 Å². The molecular weight excluding hydrogens is 275 g/mol. The average molecular weight is 304 g/mol. The molecule has 0 spiro atoms. The number of hydrogen-bond donors (Lipinski definition) is 0. The first-order valence-electron chi connectivity index (χ1n) is 7.47. The Morgan fingerprint density at radius 2 is 1.29 bits per heavy atom. The van der Waals surface area contributed by atoms with Crippen molar-refractivity contribution in [3.05, 3.63) is 28.8 Å². The van der Waals surface area contributed by atoms with Crippen molar-refractivity contribution in [2.24, 2.45) is 9.76 Å². The Balaban J connectivity index is 3.19. The third-order valence-corrected chi connectivity index (χ3v) is 6.04. The summed E-state index contributed by atoms with van der Waals surface area (Å²) in [4.78, 5) is 4.51. The zero-order valence-corrected chi connectivity index (χ0v) is 15.9. The third-order valence-electron chi connectivity index (χ3n) is 3.21. The van der Waals surface area contributed by atoms with E-state index in [4.69, 9.17) is 4.76 Å². The van der Waals surface area contributed by atoms with Crippen LogP contribution >= 0.6 is 8.07 Å². The summed E-state index contributed by atoms with van der Waals surface area (Å²) in [5.41, 5.74) is 4.65. The van der Waals surface area contributed by atoms with Crippen LogP contribution in [0.5, 0.6) is 0 Å². The van der Waals surface area contributed by atoms with Crippen LogP contribution in [0.4, 0.5) is 5.69 Å². The van der Waals surface area contributed by atoms with E-state index in [1.54, 1.807) is 0 Å². The molecule has 21 heavy (non-hydrogen) atoms. The molecule has 0 radical (unpaired) electrons. The molecule has 0 aromatic heterocycles. The van der Waals surface area contributed by atoms with Gasteiger partial charge in [-0.25, -0.2) is 4.76 Å². The lowest BCUT2D eigenvalue weighted by Crippen LogP contribution is -2.23. The van der Waals surface area contributed by atoms with Gasteiger partial charge in [0.25, 0.3) is 0 Å². The molecule has 2 nitrogen and oxygen atoms in total. The zero-order valence-electron chi connectivity index (χ0n) is 15.0. The molecule has 0 amide bonds. The molecule has 0 aliphatic heterocycles. The van der Waals surface area contributed by atoms with Gasteiger partial charge in [0, 0.05) is 18.4 Å². The average Bonchev–Trinajstić information content (AvgIpc) is 2.22. The van der Waals surface area contributed by atoms with Crippen molar-refractivity contribution < 1.29 is 0 Å². The zero-order chi connectivity index (χ0) is 16.4. The summed E-state index contributed by atoms with van der Waals surface area (Å²) < 4.78 is 4.71. The van der Waals surface area contributed by atoms with Gasteiger partial charge in [0.05, 0.1) is 11.7 Å². The molecular formula is C18H29N2P. The third kappa shape index (κ3) is 5.06. The number of nitrogens with zero attached hydrogens (tertiary/aromatic N) is 2. The van der Waals surface area contributed by atoms with Crippen LogP contribution in [-0.2, 0) is 0 Å². The number of hydrogen-bond acceptors (Lipinski definition) is 2. The summed E-state index contributed by atoms with van der Waals surface area (Å²) in [7, 11) is -0.544. The number of aliphatic imine (C=N–C) groups is 1. The summed E-state index contributed by atoms with van der Waals surface area (Å²) in [6.07, 6.45) is 0. The van der Waals surface area contributed by atoms with Crippen molar-refractivity contribution in [2.75, 3.05) is 0 Å². The Bertz CT molecular complexity index is 531. The Morgan fingerprint density at radius 1 is 0.857 bits per heavy atom. The Morgan fingerprint density at radius 3 is 1.67 bits per heavy atom. The van der Waals surface area contributed by atoms with E-state index in [0.717, 1.165) is 5.69 Å². The molecule has 0 saturated carbocycles. The van der Waals surface area contributed by atoms with Gasteiger partial charge in [-0.15, -0.1) is 0 Å². The number of aryl methyl sites for hydroxylation is 3. The Labute approximate surface area is 131 Å². The predicted octanol–water partition coefficient (Wildman–Crippen LogP) is 6.41. The lowest BCUT2D eigenvalue weighted by molar-refractivity contribution is 0.706. The van der Waals surface area contributed by atoms with Crippen LogP contribution in [0.3, 0.4) is 0 Å². The number of benzene rings is 1. The van der Waals surface area contributed by atoms with Gasteiger partial charge >= 0.3 is 0 Å². The lowest BCUT2D eigenvalue weighted by atomic mass is 10.1. The lowest BCUT2D eigenvalue weighted by Gasteiger charge is -2.36. The molecule has 0 saturated heterocycles. The van der Waals surface area contributed by atoms with Gasteiger partial charge in [-0.3, -0.25) is 0 Å². The second kappa shape index (κ2) is 6.42.